The molecule has 0 saturated carbocycles. The Morgan fingerprint density at radius 2 is 2.11 bits per heavy atom. The van der Waals surface area contributed by atoms with Gasteiger partial charge in [-0.25, -0.2) is 20.8 Å². The molecule has 0 unspecified atom stereocenters. The number of hydrazine groups is 1. The Morgan fingerprint density at radius 3 is 2.89 bits per heavy atom. The molecular formula is C18H20N8S. The van der Waals surface area contributed by atoms with Gasteiger partial charge in [0.1, 0.15) is 4.83 Å². The summed E-state index contributed by atoms with van der Waals surface area (Å²) in [6.45, 7) is 4.59. The highest BCUT2D eigenvalue weighted by molar-refractivity contribution is 7.16. The van der Waals surface area contributed by atoms with Crippen molar-refractivity contribution in [1.82, 2.24) is 24.7 Å². The fourth-order valence-electron chi connectivity index (χ4n) is 2.79. The maximum Gasteiger partial charge on any atom is 0.186 e. The normalized spacial score (nSPS) is 11.4. The van der Waals surface area contributed by atoms with Crippen molar-refractivity contribution in [3.63, 3.8) is 0 Å². The van der Waals surface area contributed by atoms with Crippen LogP contribution in [0.4, 0.5) is 11.6 Å². The number of hydrogen-bond acceptors (Lipinski definition) is 8. The predicted molar refractivity (Wildman–Crippen MR) is 108 cm³/mol. The molecule has 0 radical (unpaired) electrons. The molecule has 4 heterocycles. The van der Waals surface area contributed by atoms with E-state index in [1.165, 1.54) is 5.01 Å². The highest BCUT2D eigenvalue weighted by Gasteiger charge is 2.15. The van der Waals surface area contributed by atoms with E-state index >= 15 is 0 Å². The molecule has 8 nitrogen and oxygen atoms in total. The first-order chi connectivity index (χ1) is 13.0. The standard InChI is InChI=1S/C18H20N8S/c1-11(2)26-9-12(6-23-26)15-7-22-16(19)17(24-15)25(20)8-13-10-27-18-14(13)4-3-5-21-18/h3-7,9-11H,8,20H2,1-2H3,(H2,19,22). The van der Waals surface area contributed by atoms with Gasteiger partial charge >= 0.3 is 0 Å². The fourth-order valence-corrected chi connectivity index (χ4v) is 3.70. The summed E-state index contributed by atoms with van der Waals surface area (Å²) < 4.78 is 1.87. The number of hydrogen-bond donors (Lipinski definition) is 2. The van der Waals surface area contributed by atoms with Crippen molar-refractivity contribution in [1.29, 1.82) is 0 Å². The van der Waals surface area contributed by atoms with E-state index in [0.717, 1.165) is 21.3 Å². The Bertz CT molecular complexity index is 1080. The van der Waals surface area contributed by atoms with Crippen LogP contribution in [0, 0.1) is 0 Å². The van der Waals surface area contributed by atoms with Crippen LogP contribution in [0.15, 0.2) is 42.3 Å². The van der Waals surface area contributed by atoms with Crippen LogP contribution in [0.2, 0.25) is 0 Å². The van der Waals surface area contributed by atoms with Crippen LogP contribution in [0.3, 0.4) is 0 Å². The Morgan fingerprint density at radius 1 is 1.26 bits per heavy atom. The molecule has 4 aromatic rings. The molecule has 0 atom stereocenters. The topological polar surface area (TPSA) is 112 Å². The van der Waals surface area contributed by atoms with Crippen molar-refractivity contribution in [2.45, 2.75) is 26.4 Å². The maximum absolute atomic E-state index is 6.29. The summed E-state index contributed by atoms with van der Waals surface area (Å²) in [6, 6.07) is 4.22. The van der Waals surface area contributed by atoms with E-state index in [9.17, 15) is 0 Å². The molecule has 4 rings (SSSR count). The summed E-state index contributed by atoms with van der Waals surface area (Å²) in [4.78, 5) is 14.2. The van der Waals surface area contributed by atoms with E-state index in [1.807, 2.05) is 23.0 Å². The third kappa shape index (κ3) is 3.34. The Kier molecular flexibility index (Phi) is 4.46. The monoisotopic (exact) mass is 380 g/mol. The highest BCUT2D eigenvalue weighted by atomic mass is 32.1. The van der Waals surface area contributed by atoms with E-state index in [2.05, 4.69) is 39.3 Å². The van der Waals surface area contributed by atoms with Crippen molar-refractivity contribution in [3.8, 4) is 11.3 Å². The summed E-state index contributed by atoms with van der Waals surface area (Å²) in [7, 11) is 0. The van der Waals surface area contributed by atoms with Gasteiger partial charge in [0.05, 0.1) is 24.6 Å². The lowest BCUT2D eigenvalue weighted by Crippen LogP contribution is -2.32. The molecule has 4 N–H and O–H groups in total. The number of aromatic nitrogens is 5. The number of nitrogen functional groups attached to an aromatic ring is 1. The third-order valence-corrected chi connectivity index (χ3v) is 5.20. The Labute approximate surface area is 160 Å². The third-order valence-electron chi connectivity index (χ3n) is 4.25. The average Bonchev–Trinajstić information content (AvgIpc) is 3.30. The summed E-state index contributed by atoms with van der Waals surface area (Å²) >= 11 is 1.59. The smallest absolute Gasteiger partial charge is 0.186 e. The number of rotatable bonds is 5. The zero-order valence-electron chi connectivity index (χ0n) is 15.1. The molecule has 0 aromatic carbocycles. The van der Waals surface area contributed by atoms with Gasteiger partial charge in [-0.1, -0.05) is 6.07 Å². The lowest BCUT2D eigenvalue weighted by atomic mass is 10.2. The van der Waals surface area contributed by atoms with E-state index in [4.69, 9.17) is 11.6 Å². The second-order valence-corrected chi connectivity index (χ2v) is 7.37. The van der Waals surface area contributed by atoms with Gasteiger partial charge in [-0.2, -0.15) is 5.10 Å². The van der Waals surface area contributed by atoms with Crippen LogP contribution in [-0.4, -0.2) is 24.7 Å². The number of nitrogens with two attached hydrogens (primary N) is 2. The SMILES string of the molecule is CC(C)n1cc(-c2cnc(N)c(N(N)Cc3csc4ncccc34)n2)cn1. The second-order valence-electron chi connectivity index (χ2n) is 6.51. The van der Waals surface area contributed by atoms with Crippen molar-refractivity contribution >= 4 is 33.2 Å². The Balaban J connectivity index is 1.64. The van der Waals surface area contributed by atoms with Crippen molar-refractivity contribution < 1.29 is 0 Å². The van der Waals surface area contributed by atoms with Crippen LogP contribution in [0.25, 0.3) is 21.5 Å². The molecule has 138 valence electrons. The number of thiophene rings is 1. The van der Waals surface area contributed by atoms with Crippen LogP contribution in [0.1, 0.15) is 25.5 Å². The molecule has 9 heteroatoms. The predicted octanol–water partition coefficient (Wildman–Crippen LogP) is 2.99. The first-order valence-corrected chi connectivity index (χ1v) is 9.41. The van der Waals surface area contributed by atoms with Crippen molar-refractivity contribution in [2.75, 3.05) is 10.7 Å². The zero-order valence-corrected chi connectivity index (χ0v) is 15.9. The minimum atomic E-state index is 0.270. The summed E-state index contributed by atoms with van der Waals surface area (Å²) in [5, 5.41) is 9.01. The van der Waals surface area contributed by atoms with Gasteiger partial charge in [-0.05, 0) is 30.9 Å². The fraction of sp³-hybridized carbons (Fsp3) is 0.222. The second kappa shape index (κ2) is 6.93. The summed E-state index contributed by atoms with van der Waals surface area (Å²) in [6.07, 6.45) is 7.13. The molecule has 0 saturated heterocycles. The molecule has 0 aliphatic rings. The van der Waals surface area contributed by atoms with Crippen LogP contribution in [0.5, 0.6) is 0 Å². The van der Waals surface area contributed by atoms with Gasteiger partial charge in [0.25, 0.3) is 0 Å². The van der Waals surface area contributed by atoms with Crippen LogP contribution >= 0.6 is 11.3 Å². The minimum absolute atomic E-state index is 0.270. The molecule has 0 amide bonds. The molecule has 0 bridgehead atoms. The number of fused-ring (bicyclic) bond motifs is 1. The highest BCUT2D eigenvalue weighted by Crippen LogP contribution is 2.28. The molecule has 4 aromatic heterocycles. The molecule has 27 heavy (non-hydrogen) atoms. The first kappa shape index (κ1) is 17.4. The van der Waals surface area contributed by atoms with E-state index < -0.39 is 0 Å². The van der Waals surface area contributed by atoms with Crippen LogP contribution < -0.4 is 16.6 Å². The van der Waals surface area contributed by atoms with Gasteiger partial charge in [0.15, 0.2) is 11.6 Å². The van der Waals surface area contributed by atoms with E-state index in [-0.39, 0.29) is 11.9 Å². The van der Waals surface area contributed by atoms with Gasteiger partial charge in [0, 0.05) is 29.4 Å². The van der Waals surface area contributed by atoms with Gasteiger partial charge in [-0.3, -0.25) is 9.69 Å². The molecule has 0 spiro atoms. The lowest BCUT2D eigenvalue weighted by Gasteiger charge is -2.19. The van der Waals surface area contributed by atoms with E-state index in [1.54, 1.807) is 29.9 Å². The quantitative estimate of drug-likeness (QED) is 0.404. The molecule has 0 aliphatic heterocycles. The molecule has 0 fully saturated rings. The van der Waals surface area contributed by atoms with Gasteiger partial charge < -0.3 is 5.73 Å². The summed E-state index contributed by atoms with van der Waals surface area (Å²) in [5.41, 5.74) is 8.66. The largest absolute Gasteiger partial charge is 0.381 e. The van der Waals surface area contributed by atoms with Crippen molar-refractivity contribution in [3.05, 3.63) is 47.9 Å². The number of pyridine rings is 1. The molecular weight excluding hydrogens is 360 g/mol. The van der Waals surface area contributed by atoms with Gasteiger partial charge in [-0.15, -0.1) is 11.3 Å². The van der Waals surface area contributed by atoms with Gasteiger partial charge in [0.2, 0.25) is 0 Å². The zero-order chi connectivity index (χ0) is 19.0. The van der Waals surface area contributed by atoms with E-state index in [0.29, 0.717) is 18.1 Å². The lowest BCUT2D eigenvalue weighted by molar-refractivity contribution is 0.532. The molecule has 0 aliphatic carbocycles. The van der Waals surface area contributed by atoms with Crippen LogP contribution in [-0.2, 0) is 6.54 Å². The summed E-state index contributed by atoms with van der Waals surface area (Å²) in [5.74, 6) is 7.02. The average molecular weight is 380 g/mol. The minimum Gasteiger partial charge on any atom is -0.381 e. The maximum atomic E-state index is 6.29. The Hall–Kier alpha value is -3.04. The first-order valence-electron chi connectivity index (χ1n) is 8.53. The number of anilines is 2. The number of nitrogens with zero attached hydrogens (tertiary/aromatic N) is 6. The van der Waals surface area contributed by atoms with Crippen molar-refractivity contribution in [2.24, 2.45) is 5.84 Å².